The van der Waals surface area contributed by atoms with Crippen LogP contribution in [0.4, 0.5) is 0 Å². The molecule has 1 amide bonds. The summed E-state index contributed by atoms with van der Waals surface area (Å²) in [5, 5.41) is 0. The highest BCUT2D eigenvalue weighted by Crippen LogP contribution is 2.16. The van der Waals surface area contributed by atoms with Crippen molar-refractivity contribution in [1.82, 2.24) is 15.3 Å². The van der Waals surface area contributed by atoms with Crippen LogP contribution in [0.25, 0.3) is 0 Å². The van der Waals surface area contributed by atoms with E-state index in [0.717, 1.165) is 38.3 Å². The van der Waals surface area contributed by atoms with Crippen molar-refractivity contribution in [1.29, 1.82) is 0 Å². The molecule has 0 spiro atoms. The van der Waals surface area contributed by atoms with Crippen LogP contribution < -0.4 is 17.0 Å². The molecule has 0 aliphatic carbocycles. The molecule has 2 heterocycles. The Hall–Kier alpha value is -1.50. The Balaban J connectivity index is 1.99. The molecule has 0 saturated carbocycles. The van der Waals surface area contributed by atoms with Crippen molar-refractivity contribution < 1.29 is 4.79 Å². The number of pyridine rings is 1. The van der Waals surface area contributed by atoms with Gasteiger partial charge in [-0.2, -0.15) is 0 Å². The number of amides is 1. The van der Waals surface area contributed by atoms with Gasteiger partial charge in [-0.3, -0.25) is 15.1 Å². The van der Waals surface area contributed by atoms with E-state index in [1.165, 1.54) is 0 Å². The van der Waals surface area contributed by atoms with Crippen molar-refractivity contribution >= 4 is 5.91 Å². The molecule has 0 bridgehead atoms. The summed E-state index contributed by atoms with van der Waals surface area (Å²) < 4.78 is 0. The van der Waals surface area contributed by atoms with E-state index in [-0.39, 0.29) is 5.91 Å². The second kappa shape index (κ2) is 5.90. The number of nitrogen functional groups attached to an aromatic ring is 1. The number of hydrogen-bond acceptors (Lipinski definition) is 5. The van der Waals surface area contributed by atoms with Crippen molar-refractivity contribution in [3.8, 4) is 0 Å². The minimum absolute atomic E-state index is 0.351. The minimum Gasteiger partial charge on any atom is -0.330 e. The van der Waals surface area contributed by atoms with Crippen molar-refractivity contribution in [3.05, 3.63) is 29.6 Å². The number of nitrogens with one attached hydrogen (secondary N) is 1. The van der Waals surface area contributed by atoms with Crippen LogP contribution in [0.15, 0.2) is 18.2 Å². The van der Waals surface area contributed by atoms with E-state index in [1.807, 2.05) is 12.1 Å². The SMILES string of the molecule is NCC1CCN(Cc2cccc(C(=O)NN)n2)C1. The van der Waals surface area contributed by atoms with Gasteiger partial charge in [0.1, 0.15) is 5.69 Å². The van der Waals surface area contributed by atoms with Crippen molar-refractivity contribution in [3.63, 3.8) is 0 Å². The van der Waals surface area contributed by atoms with Crippen LogP contribution in [0.3, 0.4) is 0 Å². The van der Waals surface area contributed by atoms with Gasteiger partial charge in [0, 0.05) is 13.1 Å². The zero-order valence-corrected chi connectivity index (χ0v) is 10.3. The number of hydrazine groups is 1. The molecule has 6 nitrogen and oxygen atoms in total. The molecule has 0 radical (unpaired) electrons. The molecule has 6 heteroatoms. The average molecular weight is 249 g/mol. The first kappa shape index (κ1) is 12.9. The van der Waals surface area contributed by atoms with Crippen molar-refractivity contribution in [2.24, 2.45) is 17.5 Å². The molecule has 98 valence electrons. The van der Waals surface area contributed by atoms with Crippen LogP contribution in [0.5, 0.6) is 0 Å². The molecule has 1 fully saturated rings. The fourth-order valence-corrected chi connectivity index (χ4v) is 2.25. The van der Waals surface area contributed by atoms with E-state index >= 15 is 0 Å². The lowest BCUT2D eigenvalue weighted by molar-refractivity contribution is 0.0948. The number of nitrogens with zero attached hydrogens (tertiary/aromatic N) is 2. The average Bonchev–Trinajstić information content (AvgIpc) is 2.86. The van der Waals surface area contributed by atoms with E-state index in [9.17, 15) is 4.79 Å². The number of carbonyl (C=O) groups excluding carboxylic acids is 1. The molecular weight excluding hydrogens is 230 g/mol. The van der Waals surface area contributed by atoms with E-state index in [1.54, 1.807) is 6.07 Å². The molecule has 1 aliphatic heterocycles. The molecule has 2 rings (SSSR count). The van der Waals surface area contributed by atoms with Gasteiger partial charge in [0.25, 0.3) is 5.91 Å². The quantitative estimate of drug-likeness (QED) is 0.378. The second-order valence-electron chi connectivity index (χ2n) is 4.61. The molecule has 1 aromatic heterocycles. The maximum Gasteiger partial charge on any atom is 0.283 e. The second-order valence-corrected chi connectivity index (χ2v) is 4.61. The van der Waals surface area contributed by atoms with Gasteiger partial charge in [0.15, 0.2) is 0 Å². The standard InChI is InChI=1S/C12H19N5O/c13-6-9-4-5-17(7-9)8-10-2-1-3-11(15-10)12(18)16-14/h1-3,9H,4-8,13-14H2,(H,16,18). The third-order valence-corrected chi connectivity index (χ3v) is 3.26. The molecule has 1 aliphatic rings. The summed E-state index contributed by atoms with van der Waals surface area (Å²) in [5.41, 5.74) is 8.98. The van der Waals surface area contributed by atoms with E-state index in [0.29, 0.717) is 11.6 Å². The lowest BCUT2D eigenvalue weighted by Crippen LogP contribution is -2.31. The molecule has 0 aromatic carbocycles. The molecule has 1 unspecified atom stereocenters. The fourth-order valence-electron chi connectivity index (χ4n) is 2.25. The molecule has 1 aromatic rings. The molecule has 1 saturated heterocycles. The van der Waals surface area contributed by atoms with Crippen LogP contribution in [-0.4, -0.2) is 35.4 Å². The van der Waals surface area contributed by atoms with Crippen LogP contribution in [0, 0.1) is 5.92 Å². The summed E-state index contributed by atoms with van der Waals surface area (Å²) in [7, 11) is 0. The lowest BCUT2D eigenvalue weighted by Gasteiger charge is -2.15. The van der Waals surface area contributed by atoms with Crippen LogP contribution in [0.2, 0.25) is 0 Å². The highest BCUT2D eigenvalue weighted by molar-refractivity contribution is 5.91. The Bertz CT molecular complexity index is 423. The predicted molar refractivity (Wildman–Crippen MR) is 68.3 cm³/mol. The number of nitrogens with two attached hydrogens (primary N) is 2. The Morgan fingerprint density at radius 3 is 3.06 bits per heavy atom. The lowest BCUT2D eigenvalue weighted by atomic mass is 10.1. The fraction of sp³-hybridized carbons (Fsp3) is 0.500. The third kappa shape index (κ3) is 3.04. The van der Waals surface area contributed by atoms with Crippen LogP contribution in [-0.2, 0) is 6.54 Å². The largest absolute Gasteiger partial charge is 0.330 e. The van der Waals surface area contributed by atoms with Gasteiger partial charge in [-0.15, -0.1) is 0 Å². The van der Waals surface area contributed by atoms with Gasteiger partial charge in [0.05, 0.1) is 5.69 Å². The zero-order valence-electron chi connectivity index (χ0n) is 10.3. The minimum atomic E-state index is -0.363. The summed E-state index contributed by atoms with van der Waals surface area (Å²) in [5.74, 6) is 5.31. The predicted octanol–water partition coefficient (Wildman–Crippen LogP) is -0.534. The number of rotatable bonds is 4. The molecule has 18 heavy (non-hydrogen) atoms. The Labute approximate surface area is 106 Å². The maximum absolute atomic E-state index is 11.4. The summed E-state index contributed by atoms with van der Waals surface area (Å²) >= 11 is 0. The number of aromatic nitrogens is 1. The Morgan fingerprint density at radius 1 is 1.56 bits per heavy atom. The normalized spacial score (nSPS) is 20.0. The van der Waals surface area contributed by atoms with E-state index < -0.39 is 0 Å². The topological polar surface area (TPSA) is 97.3 Å². The first-order valence-corrected chi connectivity index (χ1v) is 6.12. The van der Waals surface area contributed by atoms with E-state index in [2.05, 4.69) is 15.3 Å². The first-order valence-electron chi connectivity index (χ1n) is 6.12. The number of likely N-dealkylation sites (tertiary alicyclic amines) is 1. The Morgan fingerprint density at radius 2 is 2.39 bits per heavy atom. The highest BCUT2D eigenvalue weighted by Gasteiger charge is 2.21. The summed E-state index contributed by atoms with van der Waals surface area (Å²) in [6.45, 7) is 3.53. The third-order valence-electron chi connectivity index (χ3n) is 3.26. The van der Waals surface area contributed by atoms with Gasteiger partial charge in [-0.05, 0) is 37.6 Å². The monoisotopic (exact) mass is 249 g/mol. The van der Waals surface area contributed by atoms with Crippen LogP contribution >= 0.6 is 0 Å². The maximum atomic E-state index is 11.4. The van der Waals surface area contributed by atoms with Crippen molar-refractivity contribution in [2.45, 2.75) is 13.0 Å². The van der Waals surface area contributed by atoms with Gasteiger partial charge in [-0.25, -0.2) is 10.8 Å². The molecule has 1 atom stereocenters. The van der Waals surface area contributed by atoms with Gasteiger partial charge in [-0.1, -0.05) is 6.07 Å². The zero-order chi connectivity index (χ0) is 13.0. The summed E-state index contributed by atoms with van der Waals surface area (Å²) in [6, 6.07) is 5.39. The number of hydrogen-bond donors (Lipinski definition) is 3. The Kier molecular flexibility index (Phi) is 4.24. The molecular formula is C12H19N5O. The molecule has 5 N–H and O–H groups in total. The van der Waals surface area contributed by atoms with E-state index in [4.69, 9.17) is 11.6 Å². The van der Waals surface area contributed by atoms with Crippen LogP contribution in [0.1, 0.15) is 22.6 Å². The van der Waals surface area contributed by atoms with Gasteiger partial charge < -0.3 is 5.73 Å². The van der Waals surface area contributed by atoms with Gasteiger partial charge >= 0.3 is 0 Å². The summed E-state index contributed by atoms with van der Waals surface area (Å²) in [6.07, 6.45) is 1.14. The number of carbonyl (C=O) groups is 1. The highest BCUT2D eigenvalue weighted by atomic mass is 16.2. The summed E-state index contributed by atoms with van der Waals surface area (Å²) in [4.78, 5) is 18.0. The smallest absolute Gasteiger partial charge is 0.283 e. The van der Waals surface area contributed by atoms with Crippen molar-refractivity contribution in [2.75, 3.05) is 19.6 Å². The first-order chi connectivity index (χ1) is 8.72. The van der Waals surface area contributed by atoms with Gasteiger partial charge in [0.2, 0.25) is 0 Å².